The smallest absolute Gasteiger partial charge is 0.142 e. The predicted molar refractivity (Wildman–Crippen MR) is 102 cm³/mol. The number of aryl methyl sites for hydroxylation is 1. The van der Waals surface area contributed by atoms with Crippen LogP contribution in [0.4, 0.5) is 4.39 Å². The first-order chi connectivity index (χ1) is 11.9. The van der Waals surface area contributed by atoms with Crippen LogP contribution >= 0.6 is 23.2 Å². The largest absolute Gasteiger partial charge is 0.324 e. The van der Waals surface area contributed by atoms with Crippen molar-refractivity contribution in [1.82, 2.24) is 4.98 Å². The molecular weight excluding hydrogens is 358 g/mol. The molecule has 0 aliphatic heterocycles. The number of benzene rings is 2. The number of hydrogen-bond donors (Lipinski definition) is 1. The van der Waals surface area contributed by atoms with E-state index in [9.17, 15) is 4.39 Å². The summed E-state index contributed by atoms with van der Waals surface area (Å²) in [5.41, 5.74) is 11.2. The Bertz CT molecular complexity index is 939. The summed E-state index contributed by atoms with van der Waals surface area (Å²) in [7, 11) is 0. The van der Waals surface area contributed by atoms with Crippen molar-refractivity contribution in [2.75, 3.05) is 0 Å². The van der Waals surface area contributed by atoms with Crippen molar-refractivity contribution in [1.29, 1.82) is 0 Å². The summed E-state index contributed by atoms with van der Waals surface area (Å²) < 4.78 is 14.0. The minimum atomic E-state index is -0.530. The Morgan fingerprint density at radius 1 is 1.04 bits per heavy atom. The first-order valence-corrected chi connectivity index (χ1v) is 8.60. The van der Waals surface area contributed by atoms with Gasteiger partial charge in [-0.25, -0.2) is 4.39 Å². The predicted octanol–water partition coefficient (Wildman–Crippen LogP) is 6.19. The third-order valence-electron chi connectivity index (χ3n) is 4.15. The highest BCUT2D eigenvalue weighted by molar-refractivity contribution is 6.36. The molecule has 0 saturated heterocycles. The van der Waals surface area contributed by atoms with Gasteiger partial charge in [-0.05, 0) is 54.8 Å². The van der Waals surface area contributed by atoms with Crippen LogP contribution in [0.2, 0.25) is 10.0 Å². The Kier molecular flexibility index (Phi) is 5.09. The molecule has 1 aromatic heterocycles. The van der Waals surface area contributed by atoms with Gasteiger partial charge in [0.1, 0.15) is 5.82 Å². The number of rotatable bonds is 3. The van der Waals surface area contributed by atoms with Gasteiger partial charge >= 0.3 is 0 Å². The third-order valence-corrected chi connectivity index (χ3v) is 4.76. The first-order valence-electron chi connectivity index (χ1n) is 7.85. The van der Waals surface area contributed by atoms with Crippen LogP contribution in [0.5, 0.6) is 0 Å². The van der Waals surface area contributed by atoms with Crippen LogP contribution in [0.15, 0.2) is 48.7 Å². The highest BCUT2D eigenvalue weighted by atomic mass is 35.5. The molecule has 0 fully saturated rings. The standard InChI is InChI=1S/C20H17Cl2FN2/c1-11-5-6-13(8-15(11)12(2)24)14-4-3-7-25-20(14)16-9-19(23)18(22)10-17(16)21/h3-10,12H,24H2,1-2H3. The molecule has 3 aromatic rings. The van der Waals surface area contributed by atoms with E-state index in [1.54, 1.807) is 6.20 Å². The number of halogens is 3. The molecule has 0 bridgehead atoms. The molecule has 1 unspecified atom stereocenters. The van der Waals surface area contributed by atoms with Crippen molar-refractivity contribution in [3.8, 4) is 22.4 Å². The van der Waals surface area contributed by atoms with E-state index in [0.717, 1.165) is 22.3 Å². The molecule has 2 N–H and O–H groups in total. The maximum atomic E-state index is 14.0. The summed E-state index contributed by atoms with van der Waals surface area (Å²) in [6, 6.07) is 12.5. The SMILES string of the molecule is Cc1ccc(-c2cccnc2-c2cc(F)c(Cl)cc2Cl)cc1C(C)N. The van der Waals surface area contributed by atoms with Gasteiger partial charge in [0.25, 0.3) is 0 Å². The molecule has 1 atom stereocenters. The maximum absolute atomic E-state index is 14.0. The highest BCUT2D eigenvalue weighted by Gasteiger charge is 2.16. The van der Waals surface area contributed by atoms with Gasteiger partial charge in [0.2, 0.25) is 0 Å². The summed E-state index contributed by atoms with van der Waals surface area (Å²) in [5.74, 6) is -0.530. The Morgan fingerprint density at radius 3 is 2.52 bits per heavy atom. The molecule has 25 heavy (non-hydrogen) atoms. The second-order valence-corrected chi connectivity index (χ2v) is 6.82. The van der Waals surface area contributed by atoms with Crippen molar-refractivity contribution in [3.05, 3.63) is 75.7 Å². The van der Waals surface area contributed by atoms with Crippen LogP contribution in [0, 0.1) is 12.7 Å². The molecule has 0 aliphatic carbocycles. The topological polar surface area (TPSA) is 38.9 Å². The molecule has 5 heteroatoms. The lowest BCUT2D eigenvalue weighted by Crippen LogP contribution is -2.07. The highest BCUT2D eigenvalue weighted by Crippen LogP contribution is 2.37. The fraction of sp³-hybridized carbons (Fsp3) is 0.150. The quantitative estimate of drug-likeness (QED) is 0.555. The molecule has 2 nitrogen and oxygen atoms in total. The van der Waals surface area contributed by atoms with Gasteiger partial charge in [-0.15, -0.1) is 0 Å². The van der Waals surface area contributed by atoms with Crippen LogP contribution in [0.1, 0.15) is 24.1 Å². The van der Waals surface area contributed by atoms with Crippen LogP contribution in [0.3, 0.4) is 0 Å². The number of pyridine rings is 1. The molecule has 0 amide bonds. The average molecular weight is 375 g/mol. The second-order valence-electron chi connectivity index (χ2n) is 6.01. The number of hydrogen-bond acceptors (Lipinski definition) is 2. The van der Waals surface area contributed by atoms with Gasteiger partial charge in [-0.2, -0.15) is 0 Å². The van der Waals surface area contributed by atoms with Crippen molar-refractivity contribution >= 4 is 23.2 Å². The average Bonchev–Trinajstić information content (AvgIpc) is 2.58. The van der Waals surface area contributed by atoms with E-state index in [1.807, 2.05) is 44.2 Å². The molecule has 0 saturated carbocycles. The number of nitrogens with zero attached hydrogens (tertiary/aromatic N) is 1. The number of nitrogens with two attached hydrogens (primary N) is 1. The third kappa shape index (κ3) is 3.54. The van der Waals surface area contributed by atoms with Crippen molar-refractivity contribution < 1.29 is 4.39 Å². The lowest BCUT2D eigenvalue weighted by molar-refractivity contribution is 0.628. The lowest BCUT2D eigenvalue weighted by atomic mass is 9.94. The zero-order valence-corrected chi connectivity index (χ0v) is 15.4. The minimum Gasteiger partial charge on any atom is -0.324 e. The van der Waals surface area contributed by atoms with Gasteiger partial charge in [-0.1, -0.05) is 41.4 Å². The van der Waals surface area contributed by atoms with Crippen molar-refractivity contribution in [3.63, 3.8) is 0 Å². The van der Waals surface area contributed by atoms with Gasteiger partial charge < -0.3 is 5.73 Å². The van der Waals surface area contributed by atoms with E-state index in [0.29, 0.717) is 16.3 Å². The molecule has 1 heterocycles. The van der Waals surface area contributed by atoms with Crippen LogP contribution in [0.25, 0.3) is 22.4 Å². The fourth-order valence-corrected chi connectivity index (χ4v) is 3.33. The minimum absolute atomic E-state index is 0.0131. The molecular formula is C20H17Cl2FN2. The summed E-state index contributed by atoms with van der Waals surface area (Å²) in [5, 5.41) is 0.340. The van der Waals surface area contributed by atoms with Crippen LogP contribution in [-0.4, -0.2) is 4.98 Å². The Balaban J connectivity index is 2.21. The molecule has 128 valence electrons. The van der Waals surface area contributed by atoms with Gasteiger partial charge in [-0.3, -0.25) is 4.98 Å². The molecule has 0 radical (unpaired) electrons. The van der Waals surface area contributed by atoms with E-state index < -0.39 is 5.82 Å². The summed E-state index contributed by atoms with van der Waals surface area (Å²) >= 11 is 12.1. The van der Waals surface area contributed by atoms with Crippen molar-refractivity contribution in [2.45, 2.75) is 19.9 Å². The van der Waals surface area contributed by atoms with E-state index >= 15 is 0 Å². The molecule has 2 aromatic carbocycles. The second kappa shape index (κ2) is 7.12. The van der Waals surface area contributed by atoms with Gasteiger partial charge in [0.05, 0.1) is 15.7 Å². The monoisotopic (exact) mass is 374 g/mol. The fourth-order valence-electron chi connectivity index (χ4n) is 2.86. The molecule has 0 spiro atoms. The van der Waals surface area contributed by atoms with E-state index in [2.05, 4.69) is 4.98 Å². The maximum Gasteiger partial charge on any atom is 0.142 e. The summed E-state index contributed by atoms with van der Waals surface area (Å²) in [6.07, 6.45) is 1.66. The van der Waals surface area contributed by atoms with E-state index in [4.69, 9.17) is 28.9 Å². The molecule has 3 rings (SSSR count). The van der Waals surface area contributed by atoms with E-state index in [1.165, 1.54) is 12.1 Å². The summed E-state index contributed by atoms with van der Waals surface area (Å²) in [4.78, 5) is 4.43. The zero-order chi connectivity index (χ0) is 18.1. The first kappa shape index (κ1) is 17.9. The van der Waals surface area contributed by atoms with E-state index in [-0.39, 0.29) is 11.1 Å². The normalized spacial score (nSPS) is 12.2. The lowest BCUT2D eigenvalue weighted by Gasteiger charge is -2.15. The van der Waals surface area contributed by atoms with Crippen LogP contribution in [-0.2, 0) is 0 Å². The Morgan fingerprint density at radius 2 is 1.80 bits per heavy atom. The molecule has 0 aliphatic rings. The van der Waals surface area contributed by atoms with Crippen LogP contribution < -0.4 is 5.73 Å². The van der Waals surface area contributed by atoms with Gasteiger partial charge in [0.15, 0.2) is 0 Å². The zero-order valence-electron chi connectivity index (χ0n) is 13.9. The Labute approximate surface area is 156 Å². The Hall–Kier alpha value is -1.94. The van der Waals surface area contributed by atoms with Crippen molar-refractivity contribution in [2.24, 2.45) is 5.73 Å². The van der Waals surface area contributed by atoms with Gasteiger partial charge in [0, 0.05) is 23.4 Å². The number of aromatic nitrogens is 1. The summed E-state index contributed by atoms with van der Waals surface area (Å²) in [6.45, 7) is 3.97.